The summed E-state index contributed by atoms with van der Waals surface area (Å²) in [6.45, 7) is 4.36. The van der Waals surface area contributed by atoms with Gasteiger partial charge in [-0.05, 0) is 70.1 Å². The van der Waals surface area contributed by atoms with Gasteiger partial charge in [0.25, 0.3) is 0 Å². The monoisotopic (exact) mass is 597 g/mol. The highest BCUT2D eigenvalue weighted by atomic mass is 19.3. The number of methoxy groups -OCH3 is 1. The number of halogens is 2. The second kappa shape index (κ2) is 14.5. The first-order chi connectivity index (χ1) is 19.8. The second-order valence-electron chi connectivity index (χ2n) is 11.7. The van der Waals surface area contributed by atoms with Crippen LogP contribution in [0.1, 0.15) is 71.3 Å². The molecule has 2 aliphatic rings. The Morgan fingerprint density at radius 3 is 2.43 bits per heavy atom. The molecule has 3 atom stereocenters. The van der Waals surface area contributed by atoms with E-state index in [1.54, 1.807) is 37.8 Å². The lowest BCUT2D eigenvalue weighted by Gasteiger charge is -2.26. The standard InChI is InChI=1S/C29H41F2N3O8/c1-17(35)34-15-20(19-8-10-23(41-27(30)31)24(13-19)40-16-18-6-7-18)12-21(34)14-32-26(37)22(9-11-25(36)39-5)33-28(38)42-29(2,3)4/h8,10,13,18,20-22,27H,6-7,9,11-12,14-16H2,1-5H3,(H,32,37)(H,33,38)/t20?,21-,22+/m1/s1. The molecule has 1 aromatic carbocycles. The Morgan fingerprint density at radius 1 is 1.12 bits per heavy atom. The highest BCUT2D eigenvalue weighted by Gasteiger charge is 2.36. The van der Waals surface area contributed by atoms with Gasteiger partial charge in [0, 0.05) is 38.4 Å². The Bertz CT molecular complexity index is 1120. The van der Waals surface area contributed by atoms with Gasteiger partial charge in [0.1, 0.15) is 11.6 Å². The smallest absolute Gasteiger partial charge is 0.408 e. The quantitative estimate of drug-likeness (QED) is 0.329. The van der Waals surface area contributed by atoms with E-state index in [-0.39, 0.29) is 48.8 Å². The lowest BCUT2D eigenvalue weighted by Crippen LogP contribution is -2.51. The van der Waals surface area contributed by atoms with Gasteiger partial charge in [-0.25, -0.2) is 4.79 Å². The number of ether oxygens (including phenoxy) is 4. The molecule has 42 heavy (non-hydrogen) atoms. The van der Waals surface area contributed by atoms with E-state index in [2.05, 4.69) is 20.1 Å². The number of benzene rings is 1. The highest BCUT2D eigenvalue weighted by Crippen LogP contribution is 2.38. The van der Waals surface area contributed by atoms with E-state index < -0.39 is 36.2 Å². The maximum Gasteiger partial charge on any atom is 0.408 e. The Balaban J connectivity index is 1.69. The minimum Gasteiger partial charge on any atom is -0.489 e. The van der Waals surface area contributed by atoms with Crippen LogP contribution in [0, 0.1) is 5.92 Å². The second-order valence-corrected chi connectivity index (χ2v) is 11.7. The summed E-state index contributed by atoms with van der Waals surface area (Å²) in [7, 11) is 1.23. The predicted molar refractivity (Wildman–Crippen MR) is 147 cm³/mol. The van der Waals surface area contributed by atoms with Gasteiger partial charge >= 0.3 is 18.7 Å². The largest absolute Gasteiger partial charge is 0.489 e. The molecule has 3 rings (SSSR count). The molecule has 3 amide bonds. The van der Waals surface area contributed by atoms with Crippen LogP contribution in [-0.2, 0) is 23.9 Å². The first-order valence-electron chi connectivity index (χ1n) is 14.1. The summed E-state index contributed by atoms with van der Waals surface area (Å²) in [6, 6.07) is 3.37. The van der Waals surface area contributed by atoms with Crippen molar-refractivity contribution in [1.29, 1.82) is 0 Å². The molecule has 0 spiro atoms. The number of nitrogens with zero attached hydrogens (tertiary/aromatic N) is 1. The van der Waals surface area contributed by atoms with Crippen molar-refractivity contribution in [2.75, 3.05) is 26.8 Å². The molecule has 2 fully saturated rings. The Labute approximate surface area is 244 Å². The number of alkyl halides is 2. The molecule has 1 unspecified atom stereocenters. The predicted octanol–water partition coefficient (Wildman–Crippen LogP) is 3.74. The van der Waals surface area contributed by atoms with Crippen LogP contribution in [0.5, 0.6) is 11.5 Å². The van der Waals surface area contributed by atoms with Crippen LogP contribution in [0.4, 0.5) is 13.6 Å². The third-order valence-corrected chi connectivity index (χ3v) is 7.03. The molecule has 13 heteroatoms. The number of rotatable bonds is 13. The number of carbonyl (C=O) groups is 4. The SMILES string of the molecule is COC(=O)CC[C@H](NC(=O)OC(C)(C)C)C(=O)NC[C@H]1CC(c2ccc(OC(F)F)c(OCC3CC3)c2)CN1C(C)=O. The number of likely N-dealkylation sites (tertiary alicyclic amines) is 1. The zero-order chi connectivity index (χ0) is 31.0. The zero-order valence-electron chi connectivity index (χ0n) is 24.7. The fourth-order valence-corrected chi connectivity index (χ4v) is 4.74. The van der Waals surface area contributed by atoms with Crippen LogP contribution in [0.3, 0.4) is 0 Å². The first-order valence-corrected chi connectivity index (χ1v) is 14.1. The number of carbonyl (C=O) groups excluding carboxylic acids is 4. The molecule has 1 aliphatic heterocycles. The Kier molecular flexibility index (Phi) is 11.3. The van der Waals surface area contributed by atoms with E-state index in [9.17, 15) is 28.0 Å². The summed E-state index contributed by atoms with van der Waals surface area (Å²) in [4.78, 5) is 51.3. The number of hydrogen-bond donors (Lipinski definition) is 2. The summed E-state index contributed by atoms with van der Waals surface area (Å²) in [5, 5.41) is 5.30. The molecule has 1 heterocycles. The van der Waals surface area contributed by atoms with E-state index in [4.69, 9.17) is 9.47 Å². The normalized spacial score (nSPS) is 19.2. The molecule has 2 N–H and O–H groups in total. The van der Waals surface area contributed by atoms with Crippen molar-refractivity contribution in [3.05, 3.63) is 23.8 Å². The van der Waals surface area contributed by atoms with Crippen molar-refractivity contribution >= 4 is 23.9 Å². The van der Waals surface area contributed by atoms with Crippen LogP contribution in [0.15, 0.2) is 18.2 Å². The third kappa shape index (κ3) is 10.3. The van der Waals surface area contributed by atoms with E-state index in [1.165, 1.54) is 20.1 Å². The van der Waals surface area contributed by atoms with Gasteiger partial charge in [-0.15, -0.1) is 0 Å². The van der Waals surface area contributed by atoms with Crippen molar-refractivity contribution in [2.45, 2.75) is 90.0 Å². The van der Waals surface area contributed by atoms with Crippen LogP contribution in [0.25, 0.3) is 0 Å². The van der Waals surface area contributed by atoms with Crippen LogP contribution in [0.2, 0.25) is 0 Å². The average Bonchev–Trinajstić information content (AvgIpc) is 3.63. The fourth-order valence-electron chi connectivity index (χ4n) is 4.74. The molecule has 1 aliphatic carbocycles. The molecule has 11 nitrogen and oxygen atoms in total. The highest BCUT2D eigenvalue weighted by molar-refractivity contribution is 5.86. The van der Waals surface area contributed by atoms with Gasteiger partial charge < -0.3 is 34.5 Å². The summed E-state index contributed by atoms with van der Waals surface area (Å²) in [6.07, 6.45) is 1.63. The average molecular weight is 598 g/mol. The molecular formula is C29H41F2N3O8. The maximum absolute atomic E-state index is 13.1. The fraction of sp³-hybridized carbons (Fsp3) is 0.655. The van der Waals surface area contributed by atoms with Crippen LogP contribution < -0.4 is 20.1 Å². The maximum atomic E-state index is 13.1. The molecule has 0 bridgehead atoms. The minimum absolute atomic E-state index is 0.0157. The number of amides is 3. The lowest BCUT2D eigenvalue weighted by molar-refractivity contribution is -0.141. The van der Waals surface area contributed by atoms with Gasteiger partial charge in [0.2, 0.25) is 11.8 Å². The number of nitrogens with one attached hydrogen (secondary N) is 2. The topological polar surface area (TPSA) is 132 Å². The molecule has 1 saturated carbocycles. The zero-order valence-corrected chi connectivity index (χ0v) is 24.7. The molecule has 234 valence electrons. The number of esters is 1. The van der Waals surface area contributed by atoms with Gasteiger partial charge in [-0.2, -0.15) is 8.78 Å². The lowest BCUT2D eigenvalue weighted by atomic mass is 9.96. The molecule has 1 aromatic rings. The summed E-state index contributed by atoms with van der Waals surface area (Å²) < 4.78 is 46.3. The minimum atomic E-state index is -2.99. The van der Waals surface area contributed by atoms with E-state index in [0.29, 0.717) is 25.5 Å². The Hall–Kier alpha value is -3.64. The van der Waals surface area contributed by atoms with Gasteiger partial charge in [0.15, 0.2) is 11.5 Å². The molecule has 0 radical (unpaired) electrons. The van der Waals surface area contributed by atoms with E-state index in [1.807, 2.05) is 0 Å². The Morgan fingerprint density at radius 2 is 1.83 bits per heavy atom. The summed E-state index contributed by atoms with van der Waals surface area (Å²) in [5.74, 6) is -0.820. The molecule has 1 saturated heterocycles. The van der Waals surface area contributed by atoms with Gasteiger partial charge in [-0.3, -0.25) is 14.4 Å². The first kappa shape index (κ1) is 32.9. The third-order valence-electron chi connectivity index (χ3n) is 7.03. The molecular weight excluding hydrogens is 556 g/mol. The number of alkyl carbamates (subject to hydrolysis) is 1. The van der Waals surface area contributed by atoms with Crippen LogP contribution in [-0.4, -0.2) is 79.9 Å². The van der Waals surface area contributed by atoms with Crippen molar-refractivity contribution < 1.29 is 46.9 Å². The molecule has 0 aromatic heterocycles. The van der Waals surface area contributed by atoms with Crippen molar-refractivity contribution in [3.8, 4) is 11.5 Å². The van der Waals surface area contributed by atoms with Crippen LogP contribution >= 0.6 is 0 Å². The number of hydrogen-bond acceptors (Lipinski definition) is 8. The van der Waals surface area contributed by atoms with E-state index in [0.717, 1.165) is 18.4 Å². The van der Waals surface area contributed by atoms with Gasteiger partial charge in [0.05, 0.1) is 13.7 Å². The van der Waals surface area contributed by atoms with Crippen molar-refractivity contribution in [3.63, 3.8) is 0 Å². The van der Waals surface area contributed by atoms with E-state index >= 15 is 0 Å². The van der Waals surface area contributed by atoms with Crippen molar-refractivity contribution in [2.24, 2.45) is 5.92 Å². The summed E-state index contributed by atoms with van der Waals surface area (Å²) >= 11 is 0. The summed E-state index contributed by atoms with van der Waals surface area (Å²) in [5.41, 5.74) is 0.00555. The van der Waals surface area contributed by atoms with Gasteiger partial charge in [-0.1, -0.05) is 6.07 Å². The van der Waals surface area contributed by atoms with Crippen molar-refractivity contribution in [1.82, 2.24) is 15.5 Å².